The van der Waals surface area contributed by atoms with E-state index < -0.39 is 5.60 Å². The third kappa shape index (κ3) is 2.10. The summed E-state index contributed by atoms with van der Waals surface area (Å²) in [6.07, 6.45) is 0.697. The van der Waals surface area contributed by atoms with Crippen molar-refractivity contribution in [2.45, 2.75) is 32.8 Å². The van der Waals surface area contributed by atoms with Gasteiger partial charge in [-0.2, -0.15) is 5.10 Å². The van der Waals surface area contributed by atoms with Crippen molar-refractivity contribution in [1.29, 1.82) is 0 Å². The molecule has 1 aliphatic heterocycles. The molecule has 0 atom stereocenters. The summed E-state index contributed by atoms with van der Waals surface area (Å²) in [5.74, 6) is -0.0239. The topological polar surface area (TPSA) is 84.4 Å². The maximum absolute atomic E-state index is 12.4. The van der Waals surface area contributed by atoms with Crippen LogP contribution in [0.3, 0.4) is 0 Å². The van der Waals surface area contributed by atoms with Crippen LogP contribution in [0.1, 0.15) is 37.0 Å². The fourth-order valence-electron chi connectivity index (χ4n) is 2.38. The zero-order valence-corrected chi connectivity index (χ0v) is 12.0. The molecule has 1 amide bonds. The lowest BCUT2D eigenvalue weighted by molar-refractivity contribution is -0.111. The van der Waals surface area contributed by atoms with Gasteiger partial charge in [-0.25, -0.2) is 0 Å². The highest BCUT2D eigenvalue weighted by atomic mass is 16.3. The highest BCUT2D eigenvalue weighted by Crippen LogP contribution is 2.31. The first-order chi connectivity index (χ1) is 8.80. The molecule has 1 aliphatic rings. The van der Waals surface area contributed by atoms with Crippen molar-refractivity contribution in [2.24, 2.45) is 13.0 Å². The minimum Gasteiger partial charge on any atom is -0.395 e. The summed E-state index contributed by atoms with van der Waals surface area (Å²) in [6, 6.07) is 0. The molecule has 1 aromatic heterocycles. The zero-order chi connectivity index (χ0) is 14.4. The number of nitrogens with zero attached hydrogens (tertiary/aromatic N) is 3. The van der Waals surface area contributed by atoms with Crippen molar-refractivity contribution in [3.05, 3.63) is 11.4 Å². The van der Waals surface area contributed by atoms with E-state index in [1.54, 1.807) is 11.9 Å². The first kappa shape index (κ1) is 13.9. The van der Waals surface area contributed by atoms with Gasteiger partial charge in [0.2, 0.25) is 0 Å². The van der Waals surface area contributed by atoms with E-state index in [0.29, 0.717) is 30.9 Å². The number of aryl methyl sites for hydroxylation is 2. The molecule has 0 bridgehead atoms. The molecule has 6 nitrogen and oxygen atoms in total. The minimum absolute atomic E-state index is 0.131. The molecule has 19 heavy (non-hydrogen) atoms. The smallest absolute Gasteiger partial charge is 0.274 e. The fraction of sp³-hybridized carbons (Fsp3) is 0.692. The van der Waals surface area contributed by atoms with Gasteiger partial charge >= 0.3 is 0 Å². The predicted molar refractivity (Wildman–Crippen MR) is 72.7 cm³/mol. The molecule has 0 unspecified atom stereocenters. The molecule has 106 valence electrons. The van der Waals surface area contributed by atoms with Crippen LogP contribution in [0.15, 0.2) is 0 Å². The van der Waals surface area contributed by atoms with Crippen LogP contribution in [0, 0.1) is 5.92 Å². The van der Waals surface area contributed by atoms with E-state index in [1.165, 1.54) is 4.68 Å². The lowest BCUT2D eigenvalue weighted by Gasteiger charge is -2.48. The molecule has 2 rings (SSSR count). The van der Waals surface area contributed by atoms with Gasteiger partial charge in [0.15, 0.2) is 0 Å². The Morgan fingerprint density at radius 3 is 2.53 bits per heavy atom. The number of aromatic nitrogens is 2. The number of nitrogens with two attached hydrogens (primary N) is 1. The van der Waals surface area contributed by atoms with Crippen LogP contribution in [-0.4, -0.2) is 44.4 Å². The Morgan fingerprint density at radius 2 is 2.11 bits per heavy atom. The Bertz CT molecular complexity index is 501. The largest absolute Gasteiger partial charge is 0.395 e. The molecule has 0 radical (unpaired) electrons. The number of anilines is 1. The summed E-state index contributed by atoms with van der Waals surface area (Å²) >= 11 is 0. The van der Waals surface area contributed by atoms with E-state index in [-0.39, 0.29) is 11.8 Å². The summed E-state index contributed by atoms with van der Waals surface area (Å²) in [5.41, 5.74) is 6.81. The first-order valence-corrected chi connectivity index (χ1v) is 6.63. The van der Waals surface area contributed by atoms with Gasteiger partial charge in [-0.3, -0.25) is 9.48 Å². The van der Waals surface area contributed by atoms with Crippen molar-refractivity contribution >= 4 is 11.6 Å². The second-order valence-electron chi connectivity index (χ2n) is 5.61. The van der Waals surface area contributed by atoms with Gasteiger partial charge in [0.1, 0.15) is 11.3 Å². The van der Waals surface area contributed by atoms with E-state index in [9.17, 15) is 9.90 Å². The Kier molecular flexibility index (Phi) is 3.30. The van der Waals surface area contributed by atoms with Gasteiger partial charge in [0.05, 0.1) is 24.5 Å². The van der Waals surface area contributed by atoms with Crippen LogP contribution < -0.4 is 5.73 Å². The van der Waals surface area contributed by atoms with Gasteiger partial charge in [-0.05, 0) is 12.3 Å². The molecule has 1 aromatic rings. The van der Waals surface area contributed by atoms with Crippen LogP contribution in [0.5, 0.6) is 0 Å². The highest BCUT2D eigenvalue weighted by Gasteiger charge is 2.46. The van der Waals surface area contributed by atoms with Gasteiger partial charge in [0, 0.05) is 7.05 Å². The van der Waals surface area contributed by atoms with E-state index in [4.69, 9.17) is 5.73 Å². The Morgan fingerprint density at radius 1 is 1.53 bits per heavy atom. The number of carbonyl (C=O) groups excluding carboxylic acids is 1. The van der Waals surface area contributed by atoms with Crippen molar-refractivity contribution < 1.29 is 9.90 Å². The van der Waals surface area contributed by atoms with E-state index in [2.05, 4.69) is 5.10 Å². The molecule has 0 aromatic carbocycles. The normalized spacial score (nSPS) is 17.7. The Labute approximate surface area is 113 Å². The molecule has 1 fully saturated rings. The average molecular weight is 266 g/mol. The van der Waals surface area contributed by atoms with Crippen LogP contribution >= 0.6 is 0 Å². The van der Waals surface area contributed by atoms with E-state index >= 15 is 0 Å². The standard InChI is InChI=1S/C13H22N4O2/c1-5-9-10(14)11(16(4)15-9)12(18)17-6-13(19,7-17)8(2)3/h8,19H,5-7,14H2,1-4H3. The predicted octanol–water partition coefficient (Wildman–Crippen LogP) is 0.408. The summed E-state index contributed by atoms with van der Waals surface area (Å²) in [5, 5.41) is 14.4. The van der Waals surface area contributed by atoms with E-state index in [0.717, 1.165) is 5.69 Å². The van der Waals surface area contributed by atoms with Gasteiger partial charge < -0.3 is 15.7 Å². The van der Waals surface area contributed by atoms with Crippen molar-refractivity contribution in [2.75, 3.05) is 18.8 Å². The second-order valence-corrected chi connectivity index (χ2v) is 5.61. The number of likely N-dealkylation sites (tertiary alicyclic amines) is 1. The summed E-state index contributed by atoms with van der Waals surface area (Å²) in [6.45, 7) is 6.57. The van der Waals surface area contributed by atoms with E-state index in [1.807, 2.05) is 20.8 Å². The highest BCUT2D eigenvalue weighted by molar-refractivity contribution is 5.98. The van der Waals surface area contributed by atoms with Gasteiger partial charge in [-0.1, -0.05) is 20.8 Å². The number of hydrogen-bond acceptors (Lipinski definition) is 4. The third-order valence-corrected chi connectivity index (χ3v) is 3.99. The maximum atomic E-state index is 12.4. The molecule has 0 aliphatic carbocycles. The number of amides is 1. The average Bonchev–Trinajstić information content (AvgIpc) is 2.59. The minimum atomic E-state index is -0.767. The van der Waals surface area contributed by atoms with Crippen molar-refractivity contribution in [3.8, 4) is 0 Å². The van der Waals surface area contributed by atoms with Crippen LogP contribution in [-0.2, 0) is 13.5 Å². The summed E-state index contributed by atoms with van der Waals surface area (Å²) < 4.78 is 1.53. The van der Waals surface area contributed by atoms with Gasteiger partial charge in [0.25, 0.3) is 5.91 Å². The Balaban J connectivity index is 2.17. The molecule has 1 saturated heterocycles. The zero-order valence-electron chi connectivity index (χ0n) is 12.0. The number of hydrogen-bond donors (Lipinski definition) is 2. The first-order valence-electron chi connectivity index (χ1n) is 6.63. The number of rotatable bonds is 3. The van der Waals surface area contributed by atoms with Crippen LogP contribution in [0.2, 0.25) is 0 Å². The Hall–Kier alpha value is -1.56. The summed E-state index contributed by atoms with van der Waals surface area (Å²) in [4.78, 5) is 14.0. The molecular weight excluding hydrogens is 244 g/mol. The molecular formula is C13H22N4O2. The molecule has 0 saturated carbocycles. The monoisotopic (exact) mass is 266 g/mol. The third-order valence-electron chi connectivity index (χ3n) is 3.99. The van der Waals surface area contributed by atoms with Crippen molar-refractivity contribution in [3.63, 3.8) is 0 Å². The molecule has 3 N–H and O–H groups in total. The summed E-state index contributed by atoms with van der Waals surface area (Å²) in [7, 11) is 1.72. The number of β-amino-alcohol motifs (C(OH)–C–C–N with tert-alkyl or cyclic N) is 1. The molecule has 2 heterocycles. The fourth-order valence-corrected chi connectivity index (χ4v) is 2.38. The van der Waals surface area contributed by atoms with Crippen molar-refractivity contribution in [1.82, 2.24) is 14.7 Å². The maximum Gasteiger partial charge on any atom is 0.274 e. The quantitative estimate of drug-likeness (QED) is 0.829. The van der Waals surface area contributed by atoms with Crippen LogP contribution in [0.25, 0.3) is 0 Å². The lowest BCUT2D eigenvalue weighted by Crippen LogP contribution is -2.66. The number of aliphatic hydroxyl groups is 1. The number of nitrogen functional groups attached to an aromatic ring is 1. The lowest BCUT2D eigenvalue weighted by atomic mass is 9.83. The SMILES string of the molecule is CCc1nn(C)c(C(=O)N2CC(O)(C(C)C)C2)c1N. The number of carbonyl (C=O) groups is 1. The van der Waals surface area contributed by atoms with Crippen LogP contribution in [0.4, 0.5) is 5.69 Å². The molecule has 0 spiro atoms. The van der Waals surface area contributed by atoms with Gasteiger partial charge in [-0.15, -0.1) is 0 Å². The second kappa shape index (κ2) is 4.52. The molecule has 6 heteroatoms.